The maximum absolute atomic E-state index is 12.3. The molecule has 0 saturated carbocycles. The van der Waals surface area contributed by atoms with Gasteiger partial charge in [0.15, 0.2) is 0 Å². The maximum Gasteiger partial charge on any atom is 0.352 e. The summed E-state index contributed by atoms with van der Waals surface area (Å²) < 4.78 is 27.0. The SMILES string of the molecule is Cc1[nH]c(C(=O)O)c(C)c1S(=O)(=O)NCc1ccsc1. The first-order valence-electron chi connectivity index (χ1n) is 5.76. The minimum Gasteiger partial charge on any atom is -0.477 e. The molecule has 20 heavy (non-hydrogen) atoms. The van der Waals surface area contributed by atoms with Crippen molar-refractivity contribution in [1.82, 2.24) is 9.71 Å². The monoisotopic (exact) mass is 314 g/mol. The normalized spacial score (nSPS) is 11.7. The van der Waals surface area contributed by atoms with Crippen LogP contribution in [0.25, 0.3) is 0 Å². The fraction of sp³-hybridized carbons (Fsp3) is 0.250. The van der Waals surface area contributed by atoms with Crippen molar-refractivity contribution in [3.8, 4) is 0 Å². The van der Waals surface area contributed by atoms with Crippen LogP contribution in [0.15, 0.2) is 21.7 Å². The molecule has 6 nitrogen and oxygen atoms in total. The third kappa shape index (κ3) is 2.77. The van der Waals surface area contributed by atoms with E-state index in [1.807, 2.05) is 16.8 Å². The summed E-state index contributed by atoms with van der Waals surface area (Å²) in [6.45, 7) is 3.20. The second-order valence-corrected chi connectivity index (χ2v) is 6.82. The predicted molar refractivity (Wildman–Crippen MR) is 75.6 cm³/mol. The fourth-order valence-electron chi connectivity index (χ4n) is 1.99. The quantitative estimate of drug-likeness (QED) is 0.784. The summed E-state index contributed by atoms with van der Waals surface area (Å²) in [5, 5.41) is 12.7. The Labute approximate surface area is 120 Å². The standard InChI is InChI=1S/C12H14N2O4S2/c1-7-10(12(15)16)14-8(2)11(7)20(17,18)13-5-9-3-4-19-6-9/h3-4,6,13-14H,5H2,1-2H3,(H,15,16). The summed E-state index contributed by atoms with van der Waals surface area (Å²) >= 11 is 1.48. The predicted octanol–water partition coefficient (Wildman–Crippen LogP) is 1.87. The largest absolute Gasteiger partial charge is 0.477 e. The van der Waals surface area contributed by atoms with Crippen molar-refractivity contribution in [3.05, 3.63) is 39.3 Å². The molecule has 2 heterocycles. The highest BCUT2D eigenvalue weighted by Gasteiger charge is 2.26. The van der Waals surface area contributed by atoms with E-state index in [1.54, 1.807) is 6.92 Å². The zero-order chi connectivity index (χ0) is 14.9. The highest BCUT2D eigenvalue weighted by molar-refractivity contribution is 7.89. The molecule has 0 aliphatic rings. The maximum atomic E-state index is 12.3. The average Bonchev–Trinajstić information content (AvgIpc) is 2.95. The molecule has 2 rings (SSSR count). The first-order chi connectivity index (χ1) is 9.33. The van der Waals surface area contributed by atoms with Crippen molar-refractivity contribution in [2.24, 2.45) is 0 Å². The van der Waals surface area contributed by atoms with Gasteiger partial charge in [-0.2, -0.15) is 11.3 Å². The van der Waals surface area contributed by atoms with Gasteiger partial charge in [0, 0.05) is 17.8 Å². The minimum atomic E-state index is -3.75. The Morgan fingerprint density at radius 2 is 2.15 bits per heavy atom. The van der Waals surface area contributed by atoms with Crippen LogP contribution >= 0.6 is 11.3 Å². The Hall–Kier alpha value is -1.64. The number of carboxylic acids is 1. The number of H-pyrrole nitrogens is 1. The van der Waals surface area contributed by atoms with E-state index in [9.17, 15) is 13.2 Å². The summed E-state index contributed by atoms with van der Waals surface area (Å²) in [7, 11) is -3.75. The molecule has 0 saturated heterocycles. The molecule has 0 unspecified atom stereocenters. The lowest BCUT2D eigenvalue weighted by molar-refractivity contribution is 0.0690. The first kappa shape index (κ1) is 14.8. The number of aryl methyl sites for hydroxylation is 1. The van der Waals surface area contributed by atoms with Crippen molar-refractivity contribution >= 4 is 27.3 Å². The number of thiophene rings is 1. The number of rotatable bonds is 5. The van der Waals surface area contributed by atoms with Crippen molar-refractivity contribution in [1.29, 1.82) is 0 Å². The molecule has 0 amide bonds. The number of nitrogens with one attached hydrogen (secondary N) is 2. The van der Waals surface area contributed by atoms with Gasteiger partial charge in [-0.1, -0.05) is 0 Å². The number of aromatic nitrogens is 1. The first-order valence-corrected chi connectivity index (χ1v) is 8.18. The van der Waals surface area contributed by atoms with Gasteiger partial charge in [-0.3, -0.25) is 0 Å². The van der Waals surface area contributed by atoms with Crippen LogP contribution in [0.5, 0.6) is 0 Å². The summed E-state index contributed by atoms with van der Waals surface area (Å²) in [5.74, 6) is -1.18. The molecule has 108 valence electrons. The van der Waals surface area contributed by atoms with Crippen molar-refractivity contribution in [2.75, 3.05) is 0 Å². The molecule has 0 fully saturated rings. The number of hydrogen-bond acceptors (Lipinski definition) is 4. The van der Waals surface area contributed by atoms with Gasteiger partial charge in [0.05, 0.1) is 0 Å². The lowest BCUT2D eigenvalue weighted by Gasteiger charge is -2.06. The van der Waals surface area contributed by atoms with Crippen LogP contribution in [0, 0.1) is 13.8 Å². The van der Waals surface area contributed by atoms with Crippen molar-refractivity contribution in [3.63, 3.8) is 0 Å². The average molecular weight is 314 g/mol. The van der Waals surface area contributed by atoms with Crippen LogP contribution in [0.4, 0.5) is 0 Å². The number of aromatic amines is 1. The summed E-state index contributed by atoms with van der Waals surface area (Å²) in [6.07, 6.45) is 0. The Morgan fingerprint density at radius 3 is 2.65 bits per heavy atom. The van der Waals surface area contributed by atoms with Gasteiger partial charge in [0.2, 0.25) is 10.0 Å². The molecule has 0 spiro atoms. The van der Waals surface area contributed by atoms with Crippen LogP contribution < -0.4 is 4.72 Å². The van der Waals surface area contributed by atoms with E-state index >= 15 is 0 Å². The van der Waals surface area contributed by atoms with Gasteiger partial charge < -0.3 is 10.1 Å². The van der Waals surface area contributed by atoms with Gasteiger partial charge in [0.1, 0.15) is 10.6 Å². The third-order valence-corrected chi connectivity index (χ3v) is 5.30. The van der Waals surface area contributed by atoms with Crippen LogP contribution in [0.2, 0.25) is 0 Å². The zero-order valence-electron chi connectivity index (χ0n) is 10.9. The van der Waals surface area contributed by atoms with Crippen LogP contribution in [-0.2, 0) is 16.6 Å². The van der Waals surface area contributed by atoms with Crippen LogP contribution in [0.3, 0.4) is 0 Å². The van der Waals surface area contributed by atoms with Crippen LogP contribution in [-0.4, -0.2) is 24.5 Å². The number of carboxylic acid groups (broad SMARTS) is 1. The molecule has 0 atom stereocenters. The van der Waals surface area contributed by atoms with Crippen LogP contribution in [0.1, 0.15) is 27.3 Å². The molecule has 0 aliphatic heterocycles. The lowest BCUT2D eigenvalue weighted by Crippen LogP contribution is -2.24. The molecule has 0 radical (unpaired) electrons. The van der Waals surface area contributed by atoms with E-state index in [4.69, 9.17) is 5.11 Å². The number of carbonyl (C=O) groups is 1. The number of sulfonamides is 1. The molecule has 2 aromatic heterocycles. The van der Waals surface area contributed by atoms with E-state index in [2.05, 4.69) is 9.71 Å². The number of hydrogen-bond donors (Lipinski definition) is 3. The zero-order valence-corrected chi connectivity index (χ0v) is 12.6. The van der Waals surface area contributed by atoms with Crippen molar-refractivity contribution in [2.45, 2.75) is 25.3 Å². The molecule has 2 aromatic rings. The Kier molecular flexibility index (Phi) is 3.98. The highest BCUT2D eigenvalue weighted by Crippen LogP contribution is 2.23. The molecular formula is C12H14N2O4S2. The van der Waals surface area contributed by atoms with E-state index < -0.39 is 16.0 Å². The highest BCUT2D eigenvalue weighted by atomic mass is 32.2. The Balaban J connectivity index is 2.32. The second kappa shape index (κ2) is 5.39. The summed E-state index contributed by atoms with van der Waals surface area (Å²) in [5.41, 5.74) is 1.30. The van der Waals surface area contributed by atoms with Gasteiger partial charge in [-0.05, 0) is 36.2 Å². The van der Waals surface area contributed by atoms with Gasteiger partial charge >= 0.3 is 5.97 Å². The molecular weight excluding hydrogens is 300 g/mol. The van der Waals surface area contributed by atoms with Gasteiger partial charge in [-0.15, -0.1) is 0 Å². The molecule has 0 aromatic carbocycles. The topological polar surface area (TPSA) is 99.3 Å². The molecule has 8 heteroatoms. The smallest absolute Gasteiger partial charge is 0.352 e. The Morgan fingerprint density at radius 1 is 1.45 bits per heavy atom. The van der Waals surface area contributed by atoms with E-state index in [0.29, 0.717) is 5.69 Å². The summed E-state index contributed by atoms with van der Waals surface area (Å²) in [6, 6.07) is 1.83. The van der Waals surface area contributed by atoms with E-state index in [1.165, 1.54) is 18.3 Å². The second-order valence-electron chi connectivity index (χ2n) is 4.34. The molecule has 0 bridgehead atoms. The summed E-state index contributed by atoms with van der Waals surface area (Å²) in [4.78, 5) is 13.6. The number of aromatic carboxylic acids is 1. The van der Waals surface area contributed by atoms with Crippen molar-refractivity contribution < 1.29 is 18.3 Å². The van der Waals surface area contributed by atoms with Gasteiger partial charge in [0.25, 0.3) is 0 Å². The minimum absolute atomic E-state index is 0.00475. The third-order valence-electron chi connectivity index (χ3n) is 2.90. The fourth-order valence-corrected chi connectivity index (χ4v) is 4.12. The Bertz CT molecular complexity index is 730. The van der Waals surface area contributed by atoms with E-state index in [0.717, 1.165) is 5.56 Å². The molecule has 0 aliphatic carbocycles. The van der Waals surface area contributed by atoms with E-state index in [-0.39, 0.29) is 22.7 Å². The molecule has 3 N–H and O–H groups in total. The lowest BCUT2D eigenvalue weighted by atomic mass is 10.2. The van der Waals surface area contributed by atoms with Gasteiger partial charge in [-0.25, -0.2) is 17.9 Å².